The molecule has 0 aliphatic carbocycles. The number of nitrogens with zero attached hydrogens (tertiary/aromatic N) is 4. The third-order valence-corrected chi connectivity index (χ3v) is 22.1. The van der Waals surface area contributed by atoms with Crippen LogP contribution >= 0.6 is 70.2 Å². The van der Waals surface area contributed by atoms with Crippen molar-refractivity contribution in [2.24, 2.45) is 20.0 Å². The van der Waals surface area contributed by atoms with E-state index in [-0.39, 0.29) is 35.3 Å². The number of para-hydroxylation sites is 1. The van der Waals surface area contributed by atoms with Gasteiger partial charge in [-0.25, -0.2) is 50.7 Å². The lowest BCUT2D eigenvalue weighted by Crippen LogP contribution is -2.21. The number of fused-ring (bicyclic) bond motifs is 8. The van der Waals surface area contributed by atoms with Gasteiger partial charge in [-0.05, 0) is 146 Å². The Morgan fingerprint density at radius 2 is 0.636 bits per heavy atom. The number of aliphatic imine (C=N–C) groups is 4. The van der Waals surface area contributed by atoms with Crippen molar-refractivity contribution in [3.63, 3.8) is 0 Å². The number of methoxy groups -OCH3 is 1. The van der Waals surface area contributed by atoms with Crippen LogP contribution in [0.5, 0.6) is 5.75 Å². The number of amides is 4. The SMILES string of the molecule is CONC(=O)c1ccc2c(c1)N=C(c1ccc(Cl)c(Cl)c1)c1ccccc1S2.CONC(=O)c1ccc2c(c1)N=C(c1cccc(F)c1)c1ccccc1S2.CONC(=O)c1ccc2c(c1)N=C(c1ccccc1F)c1ccccc1S2.CONC(=O)c1ccc2c(c1)N=C(c1ccccc1OC)c1ccccc1S2. The van der Waals surface area contributed by atoms with Gasteiger partial charge in [0.05, 0.1) is 91.2 Å². The van der Waals surface area contributed by atoms with Gasteiger partial charge in [0, 0.05) is 106 Å². The standard InChI is InChI=1S/C22H18N2O3S.C21H14Cl2N2O2S.2C21H15FN2O2S/c1-26-18-9-5-3-7-15(18)21-16-8-4-6-10-19(16)28-20-12-11-14(13-17(20)23-21)22(25)24-27-2;1-27-25-21(26)13-7-9-19-17(11-13)24-20(12-6-8-15(22)16(23)10-12)14-4-2-3-5-18(14)28-19;1-26-24-21(25)13-10-11-19-17(12-13)23-20(14-6-2-4-8-16(14)22)15-7-3-5-9-18(15)27-19;1-26-24-21(25)14-9-10-19-17(12-14)23-20(13-5-4-6-15(22)11-13)16-7-2-3-8-18(16)27-19/h3-13H,1-2H3,(H,24,25);2-11H,1H3,(H,25,26);2*2-12H,1H3,(H,24,25). The van der Waals surface area contributed by atoms with Gasteiger partial charge in [-0.3, -0.25) is 38.5 Å². The second-order valence-corrected chi connectivity index (χ2v) is 29.0. The highest BCUT2D eigenvalue weighted by molar-refractivity contribution is 8.00. The Morgan fingerprint density at radius 3 is 1.00 bits per heavy atom. The minimum atomic E-state index is -0.366. The van der Waals surface area contributed by atoms with Crippen molar-refractivity contribution < 1.29 is 52.0 Å². The van der Waals surface area contributed by atoms with Crippen molar-refractivity contribution in [2.75, 3.05) is 35.5 Å². The summed E-state index contributed by atoms with van der Waals surface area (Å²) < 4.78 is 33.9. The Balaban J connectivity index is 0.000000129. The zero-order chi connectivity index (χ0) is 76.8. The molecule has 548 valence electrons. The molecule has 16 rings (SSSR count). The minimum absolute atomic E-state index is 0.314. The molecule has 0 aromatic heterocycles. The third kappa shape index (κ3) is 17.7. The molecular weight excluding hydrogens is 1510 g/mol. The van der Waals surface area contributed by atoms with Crippen molar-refractivity contribution >= 4 is 139 Å². The molecule has 0 spiro atoms. The fourth-order valence-electron chi connectivity index (χ4n) is 11.8. The Hall–Kier alpha value is -11.3. The molecule has 0 bridgehead atoms. The number of hydrogen-bond donors (Lipinski definition) is 4. The lowest BCUT2D eigenvalue weighted by atomic mass is 10.0. The monoisotopic (exact) mass is 1570 g/mol. The summed E-state index contributed by atoms with van der Waals surface area (Å²) in [6, 6.07) is 79.4. The van der Waals surface area contributed by atoms with E-state index in [9.17, 15) is 28.0 Å². The van der Waals surface area contributed by atoms with Gasteiger partial charge in [0.15, 0.2) is 0 Å². The van der Waals surface area contributed by atoms with Crippen LogP contribution in [-0.2, 0) is 19.4 Å². The predicted octanol–water partition coefficient (Wildman–Crippen LogP) is 20.0. The lowest BCUT2D eigenvalue weighted by Gasteiger charge is -2.12. The van der Waals surface area contributed by atoms with Crippen molar-refractivity contribution in [3.8, 4) is 5.75 Å². The van der Waals surface area contributed by atoms with E-state index in [1.54, 1.807) is 139 Å². The van der Waals surface area contributed by atoms with Gasteiger partial charge in [0.1, 0.15) is 17.4 Å². The van der Waals surface area contributed by atoms with Crippen LogP contribution in [0.15, 0.2) is 320 Å². The molecule has 0 unspecified atom stereocenters. The number of ether oxygens (including phenoxy) is 1. The average molecular weight is 1580 g/mol. The van der Waals surface area contributed by atoms with Crippen molar-refractivity contribution in [1.29, 1.82) is 0 Å². The molecule has 4 amide bonds. The zero-order valence-corrected chi connectivity index (χ0v) is 63.7. The Morgan fingerprint density at radius 1 is 0.309 bits per heavy atom. The summed E-state index contributed by atoms with van der Waals surface area (Å²) in [5.74, 6) is -1.28. The van der Waals surface area contributed by atoms with Gasteiger partial charge in [0.25, 0.3) is 23.6 Å². The summed E-state index contributed by atoms with van der Waals surface area (Å²) in [4.78, 5) is 94.7. The molecule has 110 heavy (non-hydrogen) atoms. The highest BCUT2D eigenvalue weighted by Crippen LogP contribution is 2.47. The summed E-state index contributed by atoms with van der Waals surface area (Å²) in [6.07, 6.45) is 0. The van der Waals surface area contributed by atoms with E-state index in [0.717, 1.165) is 95.4 Å². The molecular formula is C85H62Cl2F2N8O9S4. The van der Waals surface area contributed by atoms with E-state index in [4.69, 9.17) is 67.3 Å². The average Bonchev–Trinajstić information content (AvgIpc) is 1.66. The number of hydroxylamine groups is 4. The number of nitrogens with one attached hydrogen (secondary N) is 4. The molecule has 25 heteroatoms. The second kappa shape index (κ2) is 35.8. The van der Waals surface area contributed by atoms with Crippen LogP contribution in [0.1, 0.15) is 85.9 Å². The first-order chi connectivity index (χ1) is 53.6. The van der Waals surface area contributed by atoms with Gasteiger partial charge >= 0.3 is 0 Å². The largest absolute Gasteiger partial charge is 0.496 e. The second-order valence-electron chi connectivity index (χ2n) is 23.8. The molecule has 4 heterocycles. The van der Waals surface area contributed by atoms with E-state index in [1.807, 2.05) is 146 Å². The summed E-state index contributed by atoms with van der Waals surface area (Å²) >= 11 is 18.7. The first-order valence-electron chi connectivity index (χ1n) is 33.5. The molecule has 17 nitrogen and oxygen atoms in total. The number of rotatable bonds is 13. The van der Waals surface area contributed by atoms with Gasteiger partial charge < -0.3 is 4.74 Å². The summed E-state index contributed by atoms with van der Waals surface area (Å²) in [5, 5.41) is 0.950. The molecule has 0 atom stereocenters. The maximum absolute atomic E-state index is 14.5. The van der Waals surface area contributed by atoms with Crippen LogP contribution < -0.4 is 26.7 Å². The highest BCUT2D eigenvalue weighted by Gasteiger charge is 2.27. The number of hydrogen-bond acceptors (Lipinski definition) is 17. The number of benzene rings is 12. The van der Waals surface area contributed by atoms with Crippen LogP contribution in [0.25, 0.3) is 0 Å². The summed E-state index contributed by atoms with van der Waals surface area (Å²) in [7, 11) is 7.22. The fraction of sp³-hybridized carbons (Fsp3) is 0.0588. The quantitative estimate of drug-likeness (QED) is 0.0792. The first-order valence-corrected chi connectivity index (χ1v) is 37.6. The van der Waals surface area contributed by atoms with Crippen molar-refractivity contribution in [2.45, 2.75) is 39.2 Å². The van der Waals surface area contributed by atoms with E-state index >= 15 is 0 Å². The van der Waals surface area contributed by atoms with Crippen molar-refractivity contribution in [1.82, 2.24) is 21.9 Å². The molecule has 4 aliphatic heterocycles. The van der Waals surface area contributed by atoms with Crippen LogP contribution in [-0.4, -0.2) is 82.0 Å². The highest BCUT2D eigenvalue weighted by atomic mass is 35.5. The van der Waals surface area contributed by atoms with Gasteiger partial charge in [-0.2, -0.15) is 0 Å². The van der Waals surface area contributed by atoms with Gasteiger partial charge in [-0.15, -0.1) is 0 Å². The summed E-state index contributed by atoms with van der Waals surface area (Å²) in [6.45, 7) is 0. The van der Waals surface area contributed by atoms with Gasteiger partial charge in [0.2, 0.25) is 0 Å². The maximum atomic E-state index is 14.5. The normalized spacial score (nSPS) is 12.4. The van der Waals surface area contributed by atoms with Crippen LogP contribution in [0.3, 0.4) is 0 Å². The molecule has 12 aromatic rings. The van der Waals surface area contributed by atoms with Crippen molar-refractivity contribution in [3.05, 3.63) is 349 Å². The lowest BCUT2D eigenvalue weighted by molar-refractivity contribution is 0.0533. The van der Waals surface area contributed by atoms with Crippen LogP contribution in [0.4, 0.5) is 31.5 Å². The molecule has 0 saturated heterocycles. The molecule has 4 N–H and O–H groups in total. The van der Waals surface area contributed by atoms with Crippen LogP contribution in [0, 0.1) is 11.6 Å². The molecule has 0 radical (unpaired) electrons. The number of halogens is 4. The minimum Gasteiger partial charge on any atom is -0.496 e. The molecule has 0 fully saturated rings. The topological polar surface area (TPSA) is 212 Å². The Labute approximate surface area is 658 Å². The first kappa shape index (κ1) is 76.9. The zero-order valence-electron chi connectivity index (χ0n) is 58.9. The van der Waals surface area contributed by atoms with E-state index in [2.05, 4.69) is 34.1 Å². The molecule has 12 aromatic carbocycles. The molecule has 0 saturated carbocycles. The Kier molecular flexibility index (Phi) is 25.0. The number of carbonyl (C=O) groups is 4. The maximum Gasteiger partial charge on any atom is 0.274 e. The summed E-state index contributed by atoms with van der Waals surface area (Å²) in [5.41, 5.74) is 23.2. The number of carbonyl (C=O) groups excluding carboxylic acids is 4. The molecule has 4 aliphatic rings. The van der Waals surface area contributed by atoms with E-state index < -0.39 is 0 Å². The van der Waals surface area contributed by atoms with Gasteiger partial charge in [-0.1, -0.05) is 186 Å². The predicted molar refractivity (Wildman–Crippen MR) is 429 cm³/mol. The third-order valence-electron chi connectivity index (χ3n) is 16.8. The van der Waals surface area contributed by atoms with E-state index in [0.29, 0.717) is 71.9 Å². The van der Waals surface area contributed by atoms with Crippen LogP contribution in [0.2, 0.25) is 10.0 Å². The van der Waals surface area contributed by atoms with E-state index in [1.165, 1.54) is 46.6 Å². The fourth-order valence-corrected chi connectivity index (χ4v) is 16.1. The smallest absolute Gasteiger partial charge is 0.274 e. The Bertz CT molecular complexity index is 5710.